The number of amides is 1. The van der Waals surface area contributed by atoms with Crippen LogP contribution < -0.4 is 11.1 Å². The molecule has 1 amide bonds. The molecule has 0 radical (unpaired) electrons. The highest BCUT2D eigenvalue weighted by molar-refractivity contribution is 7.88. The van der Waals surface area contributed by atoms with Crippen molar-refractivity contribution < 1.29 is 13.2 Å². The Balaban J connectivity index is 0.00000225. The average Bonchev–Trinajstić information content (AvgIpc) is 3.24. The molecule has 2 aliphatic carbocycles. The Morgan fingerprint density at radius 1 is 1.07 bits per heavy atom. The molecule has 1 saturated heterocycles. The molecule has 1 aromatic carbocycles. The predicted octanol–water partition coefficient (Wildman–Crippen LogP) is 1.89. The number of halogens is 1. The third-order valence-corrected chi connectivity index (χ3v) is 8.52. The van der Waals surface area contributed by atoms with E-state index in [0.717, 1.165) is 24.8 Å². The Kier molecular flexibility index (Phi) is 6.69. The monoisotopic (exact) mass is 427 g/mol. The molecule has 2 bridgehead atoms. The van der Waals surface area contributed by atoms with Crippen LogP contribution in [0.3, 0.4) is 0 Å². The number of rotatable bonds is 5. The maximum absolute atomic E-state index is 12.7. The molecule has 156 valence electrons. The van der Waals surface area contributed by atoms with Gasteiger partial charge in [-0.2, -0.15) is 0 Å². The number of piperidine rings is 1. The minimum absolute atomic E-state index is 0. The molecule has 1 aromatic rings. The van der Waals surface area contributed by atoms with Gasteiger partial charge in [0.05, 0.1) is 11.7 Å². The molecule has 3 aliphatic rings. The van der Waals surface area contributed by atoms with Crippen molar-refractivity contribution in [1.29, 1.82) is 0 Å². The fourth-order valence-corrected chi connectivity index (χ4v) is 6.74. The van der Waals surface area contributed by atoms with Crippen molar-refractivity contribution in [2.45, 2.75) is 49.9 Å². The van der Waals surface area contributed by atoms with Gasteiger partial charge in [0, 0.05) is 25.2 Å². The van der Waals surface area contributed by atoms with Crippen LogP contribution in [0.2, 0.25) is 0 Å². The third kappa shape index (κ3) is 4.37. The minimum Gasteiger partial charge on any atom is -0.353 e. The number of fused-ring (bicyclic) bond motifs is 2. The van der Waals surface area contributed by atoms with E-state index in [1.807, 2.05) is 30.3 Å². The van der Waals surface area contributed by atoms with E-state index in [1.54, 1.807) is 4.31 Å². The Hall–Kier alpha value is -1.15. The van der Waals surface area contributed by atoms with E-state index >= 15 is 0 Å². The van der Waals surface area contributed by atoms with Gasteiger partial charge in [-0.05, 0) is 49.5 Å². The van der Waals surface area contributed by atoms with Gasteiger partial charge in [0.15, 0.2) is 0 Å². The van der Waals surface area contributed by atoms with Gasteiger partial charge in [-0.15, -0.1) is 12.4 Å². The molecule has 0 aromatic heterocycles. The van der Waals surface area contributed by atoms with Crippen LogP contribution in [0.25, 0.3) is 0 Å². The maximum Gasteiger partial charge on any atom is 0.225 e. The van der Waals surface area contributed by atoms with Gasteiger partial charge in [-0.1, -0.05) is 30.3 Å². The zero-order valence-electron chi connectivity index (χ0n) is 16.0. The highest BCUT2D eigenvalue weighted by Gasteiger charge is 2.49. The Labute approximate surface area is 173 Å². The van der Waals surface area contributed by atoms with Gasteiger partial charge >= 0.3 is 0 Å². The number of sulfonamides is 1. The summed E-state index contributed by atoms with van der Waals surface area (Å²) in [6.07, 6.45) is 4.70. The summed E-state index contributed by atoms with van der Waals surface area (Å²) >= 11 is 0. The normalized spacial score (nSPS) is 30.8. The highest BCUT2D eigenvalue weighted by Crippen LogP contribution is 2.47. The van der Waals surface area contributed by atoms with Crippen LogP contribution in [-0.4, -0.2) is 43.8 Å². The van der Waals surface area contributed by atoms with E-state index in [2.05, 4.69) is 5.32 Å². The molecule has 0 spiro atoms. The van der Waals surface area contributed by atoms with Gasteiger partial charge in [-0.25, -0.2) is 12.7 Å². The van der Waals surface area contributed by atoms with Gasteiger partial charge in [0.1, 0.15) is 0 Å². The van der Waals surface area contributed by atoms with E-state index in [-0.39, 0.29) is 42.1 Å². The van der Waals surface area contributed by atoms with Crippen LogP contribution in [0.15, 0.2) is 30.3 Å². The van der Waals surface area contributed by atoms with Crippen LogP contribution in [0.4, 0.5) is 0 Å². The highest BCUT2D eigenvalue weighted by atomic mass is 35.5. The molecule has 8 heteroatoms. The molecule has 2 saturated carbocycles. The third-order valence-electron chi connectivity index (χ3n) is 6.67. The van der Waals surface area contributed by atoms with Crippen LogP contribution in [0, 0.1) is 17.8 Å². The molecular weight excluding hydrogens is 398 g/mol. The second-order valence-corrected chi connectivity index (χ2v) is 10.3. The summed E-state index contributed by atoms with van der Waals surface area (Å²) in [6.45, 7) is 0.922. The predicted molar refractivity (Wildman–Crippen MR) is 111 cm³/mol. The van der Waals surface area contributed by atoms with Gasteiger partial charge in [0.25, 0.3) is 0 Å². The fraction of sp³-hybridized carbons (Fsp3) is 0.650. The zero-order chi connectivity index (χ0) is 19.0. The number of carbonyl (C=O) groups excluding carboxylic acids is 1. The van der Waals surface area contributed by atoms with Crippen molar-refractivity contribution in [1.82, 2.24) is 9.62 Å². The van der Waals surface area contributed by atoms with E-state index in [1.165, 1.54) is 0 Å². The lowest BCUT2D eigenvalue weighted by molar-refractivity contribution is -0.128. The molecule has 1 heterocycles. The molecular formula is C20H30ClN3O3S. The summed E-state index contributed by atoms with van der Waals surface area (Å²) < 4.78 is 26.9. The number of hydrogen-bond donors (Lipinski definition) is 2. The molecule has 1 aliphatic heterocycles. The number of nitrogens with one attached hydrogen (secondary N) is 1. The quantitative estimate of drug-likeness (QED) is 0.750. The molecule has 4 rings (SSSR count). The summed E-state index contributed by atoms with van der Waals surface area (Å²) in [7, 11) is -3.32. The van der Waals surface area contributed by atoms with E-state index in [4.69, 9.17) is 5.73 Å². The first-order valence-electron chi connectivity index (χ1n) is 10.0. The van der Waals surface area contributed by atoms with E-state index in [0.29, 0.717) is 37.8 Å². The summed E-state index contributed by atoms with van der Waals surface area (Å²) in [4.78, 5) is 12.7. The molecule has 3 N–H and O–H groups in total. The first-order valence-corrected chi connectivity index (χ1v) is 11.6. The van der Waals surface area contributed by atoms with Crippen LogP contribution in [0.1, 0.15) is 37.7 Å². The molecule has 3 fully saturated rings. The standard InChI is InChI=1S/C20H29N3O3S.ClH/c21-19-16-7-6-15(12-16)18(19)20(24)22-17-8-10-23(11-9-17)27(25,26)13-14-4-2-1-3-5-14;/h1-5,15-19H,6-13,21H2,(H,22,24);1H. The smallest absolute Gasteiger partial charge is 0.225 e. The van der Waals surface area contributed by atoms with Gasteiger partial charge in [-0.3, -0.25) is 4.79 Å². The fourth-order valence-electron chi connectivity index (χ4n) is 5.18. The minimum atomic E-state index is -3.32. The lowest BCUT2D eigenvalue weighted by Crippen LogP contribution is -2.51. The molecule has 6 nitrogen and oxygen atoms in total. The van der Waals surface area contributed by atoms with Crippen molar-refractivity contribution in [2.75, 3.05) is 13.1 Å². The number of benzene rings is 1. The first-order chi connectivity index (χ1) is 12.9. The van der Waals surface area contributed by atoms with Gasteiger partial charge in [0.2, 0.25) is 15.9 Å². The SMILES string of the molecule is Cl.NC1C2CCC(C2)C1C(=O)NC1CCN(S(=O)(=O)Cc2ccccc2)CC1. The lowest BCUT2D eigenvalue weighted by atomic mass is 9.84. The van der Waals surface area contributed by atoms with Crippen LogP contribution in [0.5, 0.6) is 0 Å². The number of carbonyl (C=O) groups is 1. The maximum atomic E-state index is 12.7. The van der Waals surface area contributed by atoms with Crippen molar-refractivity contribution in [3.8, 4) is 0 Å². The largest absolute Gasteiger partial charge is 0.353 e. The topological polar surface area (TPSA) is 92.5 Å². The Morgan fingerprint density at radius 3 is 2.32 bits per heavy atom. The van der Waals surface area contributed by atoms with Crippen molar-refractivity contribution >= 4 is 28.3 Å². The van der Waals surface area contributed by atoms with Crippen molar-refractivity contribution in [3.63, 3.8) is 0 Å². The summed E-state index contributed by atoms with van der Waals surface area (Å²) in [5, 5.41) is 3.16. The second-order valence-electron chi connectivity index (χ2n) is 8.36. The summed E-state index contributed by atoms with van der Waals surface area (Å²) in [6, 6.07) is 9.31. The number of nitrogens with zero attached hydrogens (tertiary/aromatic N) is 1. The number of hydrogen-bond acceptors (Lipinski definition) is 4. The summed E-state index contributed by atoms with van der Waals surface area (Å²) in [5.74, 6) is 1.01. The molecule has 4 atom stereocenters. The van der Waals surface area contributed by atoms with E-state index in [9.17, 15) is 13.2 Å². The zero-order valence-corrected chi connectivity index (χ0v) is 17.6. The first kappa shape index (κ1) is 21.6. The average molecular weight is 428 g/mol. The summed E-state index contributed by atoms with van der Waals surface area (Å²) in [5.41, 5.74) is 7.08. The Bertz CT molecular complexity index is 779. The lowest BCUT2D eigenvalue weighted by Gasteiger charge is -2.34. The van der Waals surface area contributed by atoms with Gasteiger partial charge < -0.3 is 11.1 Å². The van der Waals surface area contributed by atoms with Crippen molar-refractivity contribution in [2.24, 2.45) is 23.5 Å². The van der Waals surface area contributed by atoms with Crippen LogP contribution in [-0.2, 0) is 20.6 Å². The molecule has 28 heavy (non-hydrogen) atoms. The van der Waals surface area contributed by atoms with Crippen molar-refractivity contribution in [3.05, 3.63) is 35.9 Å². The number of nitrogens with two attached hydrogens (primary N) is 1. The van der Waals surface area contributed by atoms with E-state index < -0.39 is 10.0 Å². The Morgan fingerprint density at radius 2 is 1.71 bits per heavy atom. The second kappa shape index (κ2) is 8.69. The molecule has 4 unspecified atom stereocenters. The van der Waals surface area contributed by atoms with Crippen LogP contribution >= 0.6 is 12.4 Å².